The minimum absolute atomic E-state index is 0.0873. The molecule has 0 saturated carbocycles. The highest BCUT2D eigenvalue weighted by Gasteiger charge is 2.37. The van der Waals surface area contributed by atoms with Crippen molar-refractivity contribution in [2.75, 3.05) is 11.4 Å². The number of hydrogen-bond donors (Lipinski definition) is 0. The molecule has 0 bridgehead atoms. The molecule has 0 N–H and O–H groups in total. The molecule has 0 amide bonds. The third-order valence-corrected chi connectivity index (χ3v) is 4.66. The molecule has 0 aliphatic carbocycles. The first-order valence-electron chi connectivity index (χ1n) is 6.62. The molecule has 0 fully saturated rings. The van der Waals surface area contributed by atoms with Crippen molar-refractivity contribution in [1.82, 2.24) is 19.8 Å². The fraction of sp³-hybridized carbons (Fsp3) is 0.308. The minimum atomic E-state index is -4.58. The lowest BCUT2D eigenvalue weighted by Crippen LogP contribution is -2.30. The zero-order chi connectivity index (χ0) is 15.3. The highest BCUT2D eigenvalue weighted by Crippen LogP contribution is 2.29. The zero-order valence-electron chi connectivity index (χ0n) is 11.2. The molecule has 0 saturated heterocycles. The quantitative estimate of drug-likeness (QED) is 0.690. The molecule has 22 heavy (non-hydrogen) atoms. The lowest BCUT2D eigenvalue weighted by atomic mass is 10.1. The maximum Gasteiger partial charge on any atom is 0.453 e. The number of anilines is 1. The summed E-state index contributed by atoms with van der Waals surface area (Å²) in [5.74, 6) is -0.604. The normalized spacial score (nSPS) is 15.3. The Bertz CT molecular complexity index is 838. The molecule has 9 heteroatoms. The van der Waals surface area contributed by atoms with Gasteiger partial charge in [0, 0.05) is 18.0 Å². The van der Waals surface area contributed by atoms with E-state index in [1.165, 1.54) is 16.5 Å². The van der Waals surface area contributed by atoms with E-state index in [4.69, 9.17) is 0 Å². The second-order valence-electron chi connectivity index (χ2n) is 5.02. The van der Waals surface area contributed by atoms with Gasteiger partial charge in [0.2, 0.25) is 0 Å². The first kappa shape index (κ1) is 13.5. The second kappa shape index (κ2) is 4.67. The minimum Gasteiger partial charge on any atom is -0.350 e. The third kappa shape index (κ3) is 2.12. The van der Waals surface area contributed by atoms with Crippen molar-refractivity contribution in [3.8, 4) is 0 Å². The predicted molar refractivity (Wildman–Crippen MR) is 74.9 cm³/mol. The van der Waals surface area contributed by atoms with E-state index < -0.39 is 12.0 Å². The molecule has 3 aromatic rings. The van der Waals surface area contributed by atoms with E-state index in [2.05, 4.69) is 15.3 Å². The van der Waals surface area contributed by atoms with Gasteiger partial charge in [0.25, 0.3) is 5.82 Å². The summed E-state index contributed by atoms with van der Waals surface area (Å²) in [4.78, 5) is 3.30. The lowest BCUT2D eigenvalue weighted by Gasteiger charge is -2.27. The van der Waals surface area contributed by atoms with Crippen molar-refractivity contribution in [2.45, 2.75) is 19.1 Å². The van der Waals surface area contributed by atoms with Gasteiger partial charge in [0.1, 0.15) is 5.82 Å². The van der Waals surface area contributed by atoms with Crippen molar-refractivity contribution in [3.05, 3.63) is 39.8 Å². The number of thiophene rings is 1. The maximum absolute atomic E-state index is 12.9. The van der Waals surface area contributed by atoms with Crippen molar-refractivity contribution in [2.24, 2.45) is 0 Å². The van der Waals surface area contributed by atoms with Crippen LogP contribution < -0.4 is 4.90 Å². The van der Waals surface area contributed by atoms with Gasteiger partial charge < -0.3 is 4.90 Å². The molecule has 0 atom stereocenters. The van der Waals surface area contributed by atoms with Crippen LogP contribution in [0.2, 0.25) is 0 Å². The van der Waals surface area contributed by atoms with Gasteiger partial charge >= 0.3 is 6.18 Å². The lowest BCUT2D eigenvalue weighted by molar-refractivity contribution is -0.146. The SMILES string of the molecule is FC(F)(F)c1nnc2ccc(N3CCc4sccc4C3)nn12. The summed E-state index contributed by atoms with van der Waals surface area (Å²) in [6.07, 6.45) is -3.70. The number of alkyl halides is 3. The van der Waals surface area contributed by atoms with E-state index in [9.17, 15) is 13.2 Å². The molecule has 4 heterocycles. The number of aromatic nitrogens is 4. The molecule has 1 aliphatic heterocycles. The first-order valence-corrected chi connectivity index (χ1v) is 7.50. The summed E-state index contributed by atoms with van der Waals surface area (Å²) in [5.41, 5.74) is 1.29. The van der Waals surface area contributed by atoms with Crippen LogP contribution in [0.15, 0.2) is 23.6 Å². The number of hydrogen-bond acceptors (Lipinski definition) is 5. The van der Waals surface area contributed by atoms with Crippen molar-refractivity contribution < 1.29 is 13.2 Å². The Morgan fingerprint density at radius 1 is 1.14 bits per heavy atom. The van der Waals surface area contributed by atoms with Crippen LogP contribution in [0.5, 0.6) is 0 Å². The summed E-state index contributed by atoms with van der Waals surface area (Å²) >= 11 is 1.71. The Kier molecular flexibility index (Phi) is 2.86. The molecule has 0 aromatic carbocycles. The first-order chi connectivity index (χ1) is 10.5. The van der Waals surface area contributed by atoms with E-state index in [-0.39, 0.29) is 5.65 Å². The van der Waals surface area contributed by atoms with E-state index in [0.29, 0.717) is 12.4 Å². The van der Waals surface area contributed by atoms with Crippen LogP contribution >= 0.6 is 11.3 Å². The average Bonchev–Trinajstić information content (AvgIpc) is 3.11. The predicted octanol–water partition coefficient (Wildman–Crippen LogP) is 2.77. The monoisotopic (exact) mass is 325 g/mol. The third-order valence-electron chi connectivity index (χ3n) is 3.63. The summed E-state index contributed by atoms with van der Waals surface area (Å²) in [6.45, 7) is 1.39. The van der Waals surface area contributed by atoms with Crippen LogP contribution in [0.25, 0.3) is 5.65 Å². The van der Waals surface area contributed by atoms with E-state index in [1.54, 1.807) is 17.4 Å². The highest BCUT2D eigenvalue weighted by atomic mass is 32.1. The number of halogens is 3. The van der Waals surface area contributed by atoms with Crippen molar-refractivity contribution >= 4 is 22.8 Å². The number of nitrogens with zero attached hydrogens (tertiary/aromatic N) is 5. The van der Waals surface area contributed by atoms with Gasteiger partial charge in [-0.25, -0.2) is 0 Å². The Morgan fingerprint density at radius 3 is 2.82 bits per heavy atom. The fourth-order valence-electron chi connectivity index (χ4n) is 2.57. The zero-order valence-corrected chi connectivity index (χ0v) is 12.0. The fourth-order valence-corrected chi connectivity index (χ4v) is 3.46. The summed E-state index contributed by atoms with van der Waals surface area (Å²) in [5, 5.41) is 12.8. The van der Waals surface area contributed by atoms with Gasteiger partial charge in [-0.1, -0.05) is 0 Å². The number of rotatable bonds is 1. The molecular formula is C13H10F3N5S. The van der Waals surface area contributed by atoms with Crippen LogP contribution in [0.4, 0.5) is 19.0 Å². The molecule has 114 valence electrons. The Balaban J connectivity index is 1.74. The molecule has 0 spiro atoms. The highest BCUT2D eigenvalue weighted by molar-refractivity contribution is 7.10. The van der Waals surface area contributed by atoms with E-state index in [0.717, 1.165) is 17.5 Å². The Hall–Kier alpha value is -2.16. The number of fused-ring (bicyclic) bond motifs is 2. The van der Waals surface area contributed by atoms with Gasteiger partial charge in [0.15, 0.2) is 5.65 Å². The smallest absolute Gasteiger partial charge is 0.350 e. The van der Waals surface area contributed by atoms with Gasteiger partial charge in [0.05, 0.1) is 0 Å². The van der Waals surface area contributed by atoms with Gasteiger partial charge in [-0.2, -0.15) is 17.7 Å². The van der Waals surface area contributed by atoms with Crippen LogP contribution in [0, 0.1) is 0 Å². The van der Waals surface area contributed by atoms with Crippen molar-refractivity contribution in [3.63, 3.8) is 0 Å². The second-order valence-corrected chi connectivity index (χ2v) is 6.02. The molecule has 3 aromatic heterocycles. The maximum atomic E-state index is 12.9. The Morgan fingerprint density at radius 2 is 2.00 bits per heavy atom. The topological polar surface area (TPSA) is 46.3 Å². The van der Waals surface area contributed by atoms with Crippen LogP contribution in [-0.2, 0) is 19.1 Å². The molecule has 4 rings (SSSR count). The average molecular weight is 325 g/mol. The van der Waals surface area contributed by atoms with Crippen molar-refractivity contribution in [1.29, 1.82) is 0 Å². The van der Waals surface area contributed by atoms with Crippen LogP contribution in [0.1, 0.15) is 16.3 Å². The van der Waals surface area contributed by atoms with Gasteiger partial charge in [-0.05, 0) is 35.6 Å². The van der Waals surface area contributed by atoms with Gasteiger partial charge in [-0.3, -0.25) is 0 Å². The van der Waals surface area contributed by atoms with Crippen LogP contribution in [-0.4, -0.2) is 26.4 Å². The standard InChI is InChI=1S/C13H10F3N5S/c14-13(15,16)12-18-17-10-1-2-11(19-21(10)12)20-5-3-9-8(7-20)4-6-22-9/h1-2,4,6H,3,5,7H2. The molecule has 1 aliphatic rings. The van der Waals surface area contributed by atoms with Crippen LogP contribution in [0.3, 0.4) is 0 Å². The van der Waals surface area contributed by atoms with E-state index >= 15 is 0 Å². The molecule has 0 radical (unpaired) electrons. The van der Waals surface area contributed by atoms with E-state index in [1.807, 2.05) is 16.3 Å². The Labute approximate surface area is 127 Å². The van der Waals surface area contributed by atoms with Gasteiger partial charge in [-0.15, -0.1) is 26.6 Å². The largest absolute Gasteiger partial charge is 0.453 e. The summed E-state index contributed by atoms with van der Waals surface area (Å²) in [7, 11) is 0. The molecule has 5 nitrogen and oxygen atoms in total. The molecular weight excluding hydrogens is 315 g/mol. The summed E-state index contributed by atoms with van der Waals surface area (Å²) in [6, 6.07) is 5.24. The molecule has 0 unspecified atom stereocenters. The summed E-state index contributed by atoms with van der Waals surface area (Å²) < 4.78 is 39.5.